The monoisotopic (exact) mass is 550 g/mol. The largest absolute Gasteiger partial charge is 0.369 e. The fourth-order valence-electron chi connectivity index (χ4n) is 5.51. The van der Waals surface area contributed by atoms with E-state index in [0.717, 1.165) is 16.8 Å². The molecule has 1 fully saturated rings. The number of carbonyl (C=O) groups excluding carboxylic acids is 3. The molecule has 0 spiro atoms. The highest BCUT2D eigenvalue weighted by Crippen LogP contribution is 2.46. The molecule has 196 valence electrons. The van der Waals surface area contributed by atoms with Gasteiger partial charge in [0.2, 0.25) is 11.8 Å². The number of primary amides is 1. The number of piperidine rings is 1. The van der Waals surface area contributed by atoms with Crippen molar-refractivity contribution in [1.82, 2.24) is 4.90 Å². The van der Waals surface area contributed by atoms with Gasteiger partial charge in [0.25, 0.3) is 5.91 Å². The van der Waals surface area contributed by atoms with Crippen LogP contribution in [0.1, 0.15) is 24.0 Å². The van der Waals surface area contributed by atoms with Crippen LogP contribution in [-0.2, 0) is 26.3 Å². The zero-order valence-corrected chi connectivity index (χ0v) is 22.2. The molecule has 3 N–H and O–H groups in total. The fraction of sp³-hybridized carbons (Fsp3) is 0.276. The predicted molar refractivity (Wildman–Crippen MR) is 149 cm³/mol. The molecule has 1 atom stereocenters. The first-order valence-corrected chi connectivity index (χ1v) is 13.3. The number of nitrogens with one attached hydrogen (secondary N) is 1. The van der Waals surface area contributed by atoms with Crippen LogP contribution in [0, 0.1) is 5.92 Å². The number of hydrogen-bond donors (Lipinski definition) is 2. The lowest BCUT2D eigenvalue weighted by molar-refractivity contribution is -0.134. The van der Waals surface area contributed by atoms with Gasteiger partial charge in [-0.3, -0.25) is 14.4 Å². The van der Waals surface area contributed by atoms with E-state index in [1.165, 1.54) is 0 Å². The van der Waals surface area contributed by atoms with Gasteiger partial charge in [-0.1, -0.05) is 59.6 Å². The molecule has 5 rings (SSSR count). The van der Waals surface area contributed by atoms with Gasteiger partial charge in [-0.2, -0.15) is 0 Å². The van der Waals surface area contributed by atoms with E-state index in [-0.39, 0.29) is 36.6 Å². The highest BCUT2D eigenvalue weighted by molar-refractivity contribution is 6.31. The van der Waals surface area contributed by atoms with E-state index in [1.54, 1.807) is 23.1 Å². The first-order chi connectivity index (χ1) is 18.3. The Kier molecular flexibility index (Phi) is 7.32. The van der Waals surface area contributed by atoms with Crippen molar-refractivity contribution in [3.63, 3.8) is 0 Å². The average molecular weight is 551 g/mol. The van der Waals surface area contributed by atoms with E-state index in [0.29, 0.717) is 41.7 Å². The number of likely N-dealkylation sites (tertiary alicyclic amines) is 1. The molecule has 1 unspecified atom stereocenters. The average Bonchev–Trinajstić information content (AvgIpc) is 3.18. The van der Waals surface area contributed by atoms with E-state index in [1.807, 2.05) is 59.5 Å². The highest BCUT2D eigenvalue weighted by Gasteiger charge is 2.52. The Morgan fingerprint density at radius 1 is 0.974 bits per heavy atom. The van der Waals surface area contributed by atoms with Gasteiger partial charge in [0, 0.05) is 52.4 Å². The van der Waals surface area contributed by atoms with Gasteiger partial charge in [-0.05, 0) is 54.8 Å². The minimum Gasteiger partial charge on any atom is -0.369 e. The summed E-state index contributed by atoms with van der Waals surface area (Å²) in [4.78, 5) is 43.0. The summed E-state index contributed by atoms with van der Waals surface area (Å²) in [5.74, 6) is -0.937. The summed E-state index contributed by atoms with van der Waals surface area (Å²) in [7, 11) is 0. The molecular formula is C29H28Cl2N4O3. The number of benzene rings is 3. The van der Waals surface area contributed by atoms with Crippen molar-refractivity contribution in [3.8, 4) is 0 Å². The number of fused-ring (bicyclic) bond motifs is 1. The van der Waals surface area contributed by atoms with Gasteiger partial charge in [0.1, 0.15) is 0 Å². The second kappa shape index (κ2) is 10.7. The number of nitrogens with two attached hydrogens (primary N) is 1. The summed E-state index contributed by atoms with van der Waals surface area (Å²) in [5.41, 5.74) is 7.17. The molecular weight excluding hydrogens is 523 g/mol. The number of carbonyl (C=O) groups is 3. The molecule has 0 saturated carbocycles. The first kappa shape index (κ1) is 26.1. The molecule has 38 heavy (non-hydrogen) atoms. The van der Waals surface area contributed by atoms with Gasteiger partial charge in [-0.15, -0.1) is 0 Å². The molecule has 9 heteroatoms. The normalized spacial score (nSPS) is 19.1. The molecule has 0 aromatic heterocycles. The number of rotatable bonds is 7. The topological polar surface area (TPSA) is 95.7 Å². The number of halogens is 2. The Morgan fingerprint density at radius 2 is 1.68 bits per heavy atom. The summed E-state index contributed by atoms with van der Waals surface area (Å²) >= 11 is 12.6. The summed E-state index contributed by atoms with van der Waals surface area (Å²) in [6, 6.07) is 22.2. The minimum absolute atomic E-state index is 0.0404. The zero-order valence-electron chi connectivity index (χ0n) is 20.7. The summed E-state index contributed by atoms with van der Waals surface area (Å²) < 4.78 is 0. The molecule has 2 aliphatic rings. The second-order valence-corrected chi connectivity index (χ2v) is 10.7. The molecule has 2 aliphatic heterocycles. The maximum Gasteiger partial charge on any atom is 0.255 e. The lowest BCUT2D eigenvalue weighted by Gasteiger charge is -2.42. The van der Waals surface area contributed by atoms with Crippen LogP contribution in [0.4, 0.5) is 11.4 Å². The van der Waals surface area contributed by atoms with Crippen LogP contribution >= 0.6 is 23.2 Å². The van der Waals surface area contributed by atoms with Crippen LogP contribution in [-0.4, -0.2) is 42.3 Å². The van der Waals surface area contributed by atoms with Gasteiger partial charge >= 0.3 is 0 Å². The maximum absolute atomic E-state index is 14.0. The van der Waals surface area contributed by atoms with Crippen LogP contribution in [0.15, 0.2) is 72.8 Å². The number of hydrogen-bond acceptors (Lipinski definition) is 4. The molecule has 3 aromatic rings. The van der Waals surface area contributed by atoms with E-state index in [9.17, 15) is 14.4 Å². The summed E-state index contributed by atoms with van der Waals surface area (Å²) in [6.45, 7) is 0.838. The van der Waals surface area contributed by atoms with Crippen molar-refractivity contribution in [2.24, 2.45) is 11.7 Å². The van der Waals surface area contributed by atoms with Crippen LogP contribution in [0.3, 0.4) is 0 Å². The molecule has 2 heterocycles. The van der Waals surface area contributed by atoms with Crippen LogP contribution in [0.25, 0.3) is 0 Å². The Balaban J connectivity index is 1.59. The Morgan fingerprint density at radius 3 is 2.37 bits per heavy atom. The zero-order chi connectivity index (χ0) is 26.9. The van der Waals surface area contributed by atoms with E-state index in [4.69, 9.17) is 28.9 Å². The Labute approximate surface area is 231 Å². The molecule has 1 saturated heterocycles. The van der Waals surface area contributed by atoms with Crippen molar-refractivity contribution in [2.75, 3.05) is 29.9 Å². The van der Waals surface area contributed by atoms with Crippen LogP contribution in [0.2, 0.25) is 10.0 Å². The van der Waals surface area contributed by atoms with Crippen molar-refractivity contribution in [2.45, 2.75) is 24.8 Å². The lowest BCUT2D eigenvalue weighted by atomic mass is 9.82. The van der Waals surface area contributed by atoms with Crippen molar-refractivity contribution >= 4 is 52.3 Å². The van der Waals surface area contributed by atoms with Crippen molar-refractivity contribution in [1.29, 1.82) is 0 Å². The van der Waals surface area contributed by atoms with E-state index < -0.39 is 5.54 Å². The lowest BCUT2D eigenvalue weighted by Crippen LogP contribution is -2.57. The number of para-hydroxylation sites is 1. The minimum atomic E-state index is -1.24. The molecule has 0 aliphatic carbocycles. The third-order valence-corrected chi connectivity index (χ3v) is 7.94. The summed E-state index contributed by atoms with van der Waals surface area (Å²) in [5, 5.41) is 4.08. The van der Waals surface area contributed by atoms with Crippen molar-refractivity contribution < 1.29 is 14.4 Å². The smallest absolute Gasteiger partial charge is 0.255 e. The number of amides is 3. The Bertz CT molecular complexity index is 1380. The molecule has 0 radical (unpaired) electrons. The van der Waals surface area contributed by atoms with Gasteiger partial charge in [0.15, 0.2) is 5.54 Å². The third-order valence-electron chi connectivity index (χ3n) is 7.47. The fourth-order valence-corrected chi connectivity index (χ4v) is 5.90. The SMILES string of the molecule is NC(=O)C1CCN(C(=O)CN(c2ccccc2)C2(Cc3cccc(Cl)c3)C(=O)Nc3cc(Cl)ccc32)CC1. The Hall–Kier alpha value is -3.55. The molecule has 7 nitrogen and oxygen atoms in total. The van der Waals surface area contributed by atoms with E-state index in [2.05, 4.69) is 5.32 Å². The highest BCUT2D eigenvalue weighted by atomic mass is 35.5. The van der Waals surface area contributed by atoms with Gasteiger partial charge < -0.3 is 20.9 Å². The third kappa shape index (κ3) is 4.96. The predicted octanol–water partition coefficient (Wildman–Crippen LogP) is 4.61. The number of anilines is 2. The van der Waals surface area contributed by atoms with Gasteiger partial charge in [0.05, 0.1) is 6.54 Å². The van der Waals surface area contributed by atoms with E-state index >= 15 is 0 Å². The maximum atomic E-state index is 14.0. The van der Waals surface area contributed by atoms with Crippen molar-refractivity contribution in [3.05, 3.63) is 94.0 Å². The van der Waals surface area contributed by atoms with Crippen LogP contribution < -0.4 is 16.0 Å². The first-order valence-electron chi connectivity index (χ1n) is 12.5. The second-order valence-electron chi connectivity index (χ2n) is 9.79. The molecule has 3 amide bonds. The quantitative estimate of drug-likeness (QED) is 0.448. The molecule has 0 bridgehead atoms. The standard InChI is InChI=1S/C29H28Cl2N4O3/c30-21-6-4-5-19(15-21)17-29(24-10-9-22(31)16-25(24)33-28(29)38)35(23-7-2-1-3-8-23)18-26(36)34-13-11-20(12-14-34)27(32)37/h1-10,15-16,20H,11-14,17-18H2,(H2,32,37)(H,33,38). The molecule has 3 aromatic carbocycles. The van der Waals surface area contributed by atoms with Crippen LogP contribution in [0.5, 0.6) is 0 Å². The summed E-state index contributed by atoms with van der Waals surface area (Å²) in [6.07, 6.45) is 1.34. The van der Waals surface area contributed by atoms with Gasteiger partial charge in [-0.25, -0.2) is 0 Å². The number of nitrogens with zero attached hydrogens (tertiary/aromatic N) is 2.